The second kappa shape index (κ2) is 17.4. The van der Waals surface area contributed by atoms with Crippen LogP contribution < -0.4 is 0 Å². The average Bonchev–Trinajstić information content (AvgIpc) is 2.39. The van der Waals surface area contributed by atoms with E-state index in [2.05, 4.69) is 6.92 Å². The molecule has 18 heavy (non-hydrogen) atoms. The zero-order valence-corrected chi connectivity index (χ0v) is 13.5. The molecule has 0 heterocycles. The Morgan fingerprint density at radius 2 is 0.889 bits per heavy atom. The van der Waals surface area contributed by atoms with Gasteiger partial charge in [-0.25, -0.2) is 0 Å². The van der Waals surface area contributed by atoms with Crippen LogP contribution >= 0.6 is 0 Å². The molecule has 0 atom stereocenters. The molecule has 0 N–H and O–H groups in total. The quantitative estimate of drug-likeness (QED) is 0.229. The monoisotopic (exact) mass is 299 g/mol. The second-order valence-corrected chi connectivity index (χ2v) is 6.29. The van der Waals surface area contributed by atoms with Crippen molar-refractivity contribution in [1.82, 2.24) is 0 Å². The summed E-state index contributed by atoms with van der Waals surface area (Å²) in [5.74, 6) is 0. The van der Waals surface area contributed by atoms with Crippen molar-refractivity contribution in [2.45, 2.75) is 102 Å². The topological polar surface area (TPSA) is 0 Å². The van der Waals surface area contributed by atoms with Crippen molar-refractivity contribution < 1.29 is 19.0 Å². The summed E-state index contributed by atoms with van der Waals surface area (Å²) >= 11 is -0.356. The van der Waals surface area contributed by atoms with Crippen molar-refractivity contribution in [1.29, 1.82) is 0 Å². The molecule has 111 valence electrons. The van der Waals surface area contributed by atoms with Gasteiger partial charge in [0.15, 0.2) is 0 Å². The Morgan fingerprint density at radius 3 is 1.22 bits per heavy atom. The predicted octanol–water partition coefficient (Wildman–Crippen LogP) is 6.85. The summed E-state index contributed by atoms with van der Waals surface area (Å²) in [6.07, 6.45) is 19.3. The van der Waals surface area contributed by atoms with E-state index >= 15 is 0 Å². The van der Waals surface area contributed by atoms with Crippen LogP contribution in [-0.4, -0.2) is 0 Å². The Hall–Kier alpha value is 0.449. The number of unbranched alkanes of at least 4 members (excludes halogenated alkanes) is 13. The van der Waals surface area contributed by atoms with Crippen LogP contribution in [0.1, 0.15) is 96.8 Å². The number of rotatable bonds is 15. The van der Waals surface area contributed by atoms with Gasteiger partial charge in [0, 0.05) is 0 Å². The molecule has 0 rings (SSSR count). The molecule has 0 aromatic carbocycles. The second-order valence-electron chi connectivity index (χ2n) is 5.39. The maximum absolute atomic E-state index is 11.9. The Kier molecular flexibility index (Phi) is 17.9. The standard InChI is InChI=1S/C16H33.FH.Mn/c1-3-5-7-9-11-13-15-16-14-12-10-8-6-4-2;;/h1,3-16H2,2H3;1H;/q;;+1/p-1. The molecule has 0 aromatic heterocycles. The average molecular weight is 299 g/mol. The summed E-state index contributed by atoms with van der Waals surface area (Å²) in [5.41, 5.74) is 0. The van der Waals surface area contributed by atoms with E-state index in [9.17, 15) is 3.55 Å². The third kappa shape index (κ3) is 16.4. The molecule has 0 aliphatic heterocycles. The Labute approximate surface area is 121 Å². The van der Waals surface area contributed by atoms with Crippen LogP contribution in [0.4, 0.5) is 3.55 Å². The molecule has 0 aliphatic carbocycles. The fourth-order valence-electron chi connectivity index (χ4n) is 2.34. The summed E-state index contributed by atoms with van der Waals surface area (Å²) in [4.78, 5) is 0. The van der Waals surface area contributed by atoms with Gasteiger partial charge in [-0.05, 0) is 0 Å². The molecule has 0 aliphatic rings. The Morgan fingerprint density at radius 1 is 0.556 bits per heavy atom. The molecule has 0 fully saturated rings. The normalized spacial score (nSPS) is 11.0. The molecule has 2 heteroatoms. The first kappa shape index (κ1) is 18.4. The van der Waals surface area contributed by atoms with Crippen LogP contribution in [0.25, 0.3) is 0 Å². The minimum atomic E-state index is -0.356. The number of hydrogen-bond acceptors (Lipinski definition) is 0. The van der Waals surface area contributed by atoms with Gasteiger partial charge in [0.2, 0.25) is 0 Å². The summed E-state index contributed by atoms with van der Waals surface area (Å²) in [6.45, 7) is 2.28. The fourth-order valence-corrected chi connectivity index (χ4v) is 2.79. The van der Waals surface area contributed by atoms with Gasteiger partial charge in [0.1, 0.15) is 0 Å². The van der Waals surface area contributed by atoms with E-state index in [1.54, 1.807) is 0 Å². The number of halogens is 1. The van der Waals surface area contributed by atoms with Crippen LogP contribution in [-0.2, 0) is 15.4 Å². The van der Waals surface area contributed by atoms with Gasteiger partial charge < -0.3 is 0 Å². The van der Waals surface area contributed by atoms with Gasteiger partial charge >= 0.3 is 94.9 Å². The molecule has 0 bridgehead atoms. The molecule has 0 aromatic rings. The van der Waals surface area contributed by atoms with Crippen molar-refractivity contribution in [3.63, 3.8) is 0 Å². The van der Waals surface area contributed by atoms with Crippen molar-refractivity contribution >= 4 is 0 Å². The molecule has 0 amide bonds. The van der Waals surface area contributed by atoms with E-state index in [0.29, 0.717) is 0 Å². The first-order valence-corrected chi connectivity index (χ1v) is 9.40. The molecule has 0 spiro atoms. The molecular formula is C16H33FMn. The van der Waals surface area contributed by atoms with Crippen molar-refractivity contribution in [2.24, 2.45) is 0 Å². The van der Waals surface area contributed by atoms with Crippen LogP contribution in [0.3, 0.4) is 0 Å². The van der Waals surface area contributed by atoms with Crippen LogP contribution in [0.5, 0.6) is 0 Å². The van der Waals surface area contributed by atoms with Gasteiger partial charge in [-0.3, -0.25) is 0 Å². The summed E-state index contributed by atoms with van der Waals surface area (Å²) in [6, 6.07) is 0. The van der Waals surface area contributed by atoms with Crippen LogP contribution in [0.15, 0.2) is 0 Å². The molecular weight excluding hydrogens is 266 g/mol. The molecule has 0 saturated carbocycles. The van der Waals surface area contributed by atoms with E-state index in [1.165, 1.54) is 83.5 Å². The van der Waals surface area contributed by atoms with Gasteiger partial charge in [-0.2, -0.15) is 0 Å². The van der Waals surface area contributed by atoms with E-state index in [0.717, 1.165) is 11.7 Å². The third-order valence-electron chi connectivity index (χ3n) is 3.56. The number of hydrogen-bond donors (Lipinski definition) is 0. The molecule has 0 saturated heterocycles. The zero-order chi connectivity index (χ0) is 13.3. The van der Waals surface area contributed by atoms with E-state index in [-0.39, 0.29) is 15.4 Å². The Bertz CT molecular complexity index is 123. The van der Waals surface area contributed by atoms with Crippen LogP contribution in [0, 0.1) is 0 Å². The summed E-state index contributed by atoms with van der Waals surface area (Å²) < 4.78 is 11.9. The van der Waals surface area contributed by atoms with E-state index < -0.39 is 0 Å². The molecule has 0 nitrogen and oxygen atoms in total. The van der Waals surface area contributed by atoms with Gasteiger partial charge in [0.25, 0.3) is 0 Å². The van der Waals surface area contributed by atoms with Crippen molar-refractivity contribution in [3.8, 4) is 0 Å². The minimum absolute atomic E-state index is 0.356. The van der Waals surface area contributed by atoms with Gasteiger partial charge in [0.05, 0.1) is 0 Å². The maximum atomic E-state index is 11.9. The molecule has 0 unspecified atom stereocenters. The van der Waals surface area contributed by atoms with Crippen molar-refractivity contribution in [3.05, 3.63) is 0 Å². The van der Waals surface area contributed by atoms with Crippen molar-refractivity contribution in [2.75, 3.05) is 0 Å². The fraction of sp³-hybridized carbons (Fsp3) is 1.00. The van der Waals surface area contributed by atoms with E-state index in [4.69, 9.17) is 0 Å². The third-order valence-corrected chi connectivity index (χ3v) is 4.20. The SMILES string of the molecule is CCCCCCCCCCCCCCC[CH2][Mn][F]. The predicted molar refractivity (Wildman–Crippen MR) is 76.2 cm³/mol. The zero-order valence-electron chi connectivity index (χ0n) is 12.4. The Balaban J connectivity index is 2.86. The van der Waals surface area contributed by atoms with Gasteiger partial charge in [-0.1, -0.05) is 26.2 Å². The van der Waals surface area contributed by atoms with Crippen LogP contribution in [0.2, 0.25) is 5.32 Å². The van der Waals surface area contributed by atoms with Gasteiger partial charge in [-0.15, -0.1) is 0 Å². The molecule has 0 radical (unpaired) electrons. The summed E-state index contributed by atoms with van der Waals surface area (Å²) in [5, 5.41) is 0.807. The van der Waals surface area contributed by atoms with E-state index in [1.807, 2.05) is 0 Å². The first-order chi connectivity index (χ1) is 8.91. The summed E-state index contributed by atoms with van der Waals surface area (Å²) in [7, 11) is 0. The first-order valence-electron chi connectivity index (χ1n) is 8.12.